The standard InChI is InChI=1S/C17H17NO4S/c1-8(9(2)19)5-12(20)15-6-11-14(23-15)7-13(21-4)17-16(11)18-10(3)22-17/h6-8H,5H2,1-4H3/t8-/m0/s1. The van der Waals surface area contributed by atoms with E-state index < -0.39 is 0 Å². The van der Waals surface area contributed by atoms with Crippen LogP contribution in [0.2, 0.25) is 0 Å². The van der Waals surface area contributed by atoms with Crippen LogP contribution in [0.5, 0.6) is 5.75 Å². The second kappa shape index (κ2) is 5.77. The van der Waals surface area contributed by atoms with Crippen molar-refractivity contribution in [3.63, 3.8) is 0 Å². The van der Waals surface area contributed by atoms with Crippen LogP contribution in [0, 0.1) is 12.8 Å². The van der Waals surface area contributed by atoms with Crippen LogP contribution in [0.4, 0.5) is 0 Å². The summed E-state index contributed by atoms with van der Waals surface area (Å²) in [6.45, 7) is 5.06. The number of aryl methyl sites for hydroxylation is 1. The minimum atomic E-state index is -0.267. The van der Waals surface area contributed by atoms with Gasteiger partial charge in [0.1, 0.15) is 11.3 Å². The molecule has 0 fully saturated rings. The summed E-state index contributed by atoms with van der Waals surface area (Å²) in [5.74, 6) is 0.884. The topological polar surface area (TPSA) is 69.4 Å². The molecule has 3 aromatic rings. The zero-order chi connectivity index (χ0) is 16.7. The zero-order valence-electron chi connectivity index (χ0n) is 13.4. The number of carbonyl (C=O) groups excluding carboxylic acids is 2. The van der Waals surface area contributed by atoms with Crippen LogP contribution in [-0.2, 0) is 4.79 Å². The highest BCUT2D eigenvalue weighted by Crippen LogP contribution is 2.38. The van der Waals surface area contributed by atoms with Crippen molar-refractivity contribution >= 4 is 44.1 Å². The first-order valence-corrected chi connectivity index (χ1v) is 8.13. The summed E-state index contributed by atoms with van der Waals surface area (Å²) in [5.41, 5.74) is 1.29. The van der Waals surface area contributed by atoms with E-state index in [2.05, 4.69) is 4.98 Å². The molecule has 1 aromatic carbocycles. The van der Waals surface area contributed by atoms with Crippen LogP contribution >= 0.6 is 11.3 Å². The number of nitrogens with zero attached hydrogens (tertiary/aromatic N) is 1. The number of aromatic nitrogens is 1. The number of methoxy groups -OCH3 is 1. The summed E-state index contributed by atoms with van der Waals surface area (Å²) >= 11 is 1.39. The fourth-order valence-corrected chi connectivity index (χ4v) is 3.51. The molecular weight excluding hydrogens is 314 g/mol. The molecule has 0 spiro atoms. The summed E-state index contributed by atoms with van der Waals surface area (Å²) in [6.07, 6.45) is 0.222. The van der Waals surface area contributed by atoms with Crippen molar-refractivity contribution in [3.8, 4) is 5.75 Å². The fraction of sp³-hybridized carbons (Fsp3) is 0.353. The van der Waals surface area contributed by atoms with Gasteiger partial charge in [-0.2, -0.15) is 0 Å². The second-order valence-corrected chi connectivity index (χ2v) is 6.73. The van der Waals surface area contributed by atoms with E-state index >= 15 is 0 Å². The summed E-state index contributed by atoms with van der Waals surface area (Å²) in [7, 11) is 1.58. The number of thiophene rings is 1. The van der Waals surface area contributed by atoms with Crippen LogP contribution < -0.4 is 4.74 Å². The van der Waals surface area contributed by atoms with Gasteiger partial charge in [0.15, 0.2) is 23.0 Å². The third kappa shape index (κ3) is 2.74. The first kappa shape index (κ1) is 15.7. The highest BCUT2D eigenvalue weighted by Gasteiger charge is 2.20. The molecule has 1 atom stereocenters. The predicted molar refractivity (Wildman–Crippen MR) is 89.5 cm³/mol. The van der Waals surface area contributed by atoms with Gasteiger partial charge in [-0.1, -0.05) is 6.92 Å². The molecule has 0 radical (unpaired) electrons. The Balaban J connectivity index is 2.10. The highest BCUT2D eigenvalue weighted by molar-refractivity contribution is 7.21. The Hall–Kier alpha value is -2.21. The molecule has 0 aliphatic carbocycles. The normalized spacial score (nSPS) is 12.7. The summed E-state index contributed by atoms with van der Waals surface area (Å²) in [4.78, 5) is 28.8. The summed E-state index contributed by atoms with van der Waals surface area (Å²) in [6, 6.07) is 3.69. The van der Waals surface area contributed by atoms with Gasteiger partial charge in [0, 0.05) is 35.4 Å². The van der Waals surface area contributed by atoms with Gasteiger partial charge in [-0.25, -0.2) is 4.98 Å². The largest absolute Gasteiger partial charge is 0.493 e. The minimum absolute atomic E-state index is 0.0237. The van der Waals surface area contributed by atoms with E-state index in [-0.39, 0.29) is 23.9 Å². The third-order valence-corrected chi connectivity index (χ3v) is 5.04. The van der Waals surface area contributed by atoms with Gasteiger partial charge in [0.05, 0.1) is 12.0 Å². The number of benzene rings is 1. The van der Waals surface area contributed by atoms with E-state index in [1.165, 1.54) is 18.3 Å². The average molecular weight is 331 g/mol. The lowest BCUT2D eigenvalue weighted by Gasteiger charge is -2.04. The van der Waals surface area contributed by atoms with E-state index in [4.69, 9.17) is 9.15 Å². The molecule has 5 nitrogen and oxygen atoms in total. The number of hydrogen-bond donors (Lipinski definition) is 0. The van der Waals surface area contributed by atoms with Crippen molar-refractivity contribution in [1.82, 2.24) is 4.98 Å². The molecule has 120 valence electrons. The monoisotopic (exact) mass is 331 g/mol. The number of Topliss-reactive ketones (excluding diaryl/α,β-unsaturated/α-hetero) is 2. The molecule has 0 saturated heterocycles. The van der Waals surface area contributed by atoms with Crippen molar-refractivity contribution in [2.24, 2.45) is 5.92 Å². The maximum absolute atomic E-state index is 12.4. The van der Waals surface area contributed by atoms with Gasteiger partial charge in [0.25, 0.3) is 0 Å². The van der Waals surface area contributed by atoms with Gasteiger partial charge < -0.3 is 9.15 Å². The lowest BCUT2D eigenvalue weighted by molar-refractivity contribution is -0.120. The fourth-order valence-electron chi connectivity index (χ4n) is 2.47. The van der Waals surface area contributed by atoms with E-state index in [0.29, 0.717) is 27.6 Å². The maximum Gasteiger partial charge on any atom is 0.197 e. The average Bonchev–Trinajstić information content (AvgIpc) is 3.08. The number of ether oxygens (including phenoxy) is 1. The van der Waals surface area contributed by atoms with Gasteiger partial charge >= 0.3 is 0 Å². The SMILES string of the molecule is COc1cc2sc(C(=O)C[C@H](C)C(C)=O)cc2c2nc(C)oc12. The summed E-state index contributed by atoms with van der Waals surface area (Å²) < 4.78 is 11.9. The molecule has 3 rings (SSSR count). The van der Waals surface area contributed by atoms with Crippen LogP contribution in [-0.4, -0.2) is 23.7 Å². The first-order valence-electron chi connectivity index (χ1n) is 7.32. The molecule has 2 heterocycles. The van der Waals surface area contributed by atoms with Gasteiger partial charge in [-0.15, -0.1) is 11.3 Å². The lowest BCUT2D eigenvalue weighted by Crippen LogP contribution is -2.11. The van der Waals surface area contributed by atoms with E-state index in [1.807, 2.05) is 12.1 Å². The number of oxazole rings is 1. The van der Waals surface area contributed by atoms with E-state index in [0.717, 1.165) is 10.1 Å². The Morgan fingerprint density at radius 1 is 1.39 bits per heavy atom. The van der Waals surface area contributed by atoms with Crippen molar-refractivity contribution in [2.45, 2.75) is 27.2 Å². The van der Waals surface area contributed by atoms with Crippen LogP contribution in [0.15, 0.2) is 16.5 Å². The molecule has 0 aliphatic heterocycles. The Kier molecular flexibility index (Phi) is 3.93. The second-order valence-electron chi connectivity index (χ2n) is 5.65. The number of hydrogen-bond acceptors (Lipinski definition) is 6. The Labute approximate surface area is 137 Å². The molecule has 0 amide bonds. The zero-order valence-corrected chi connectivity index (χ0v) is 14.2. The van der Waals surface area contributed by atoms with Crippen molar-refractivity contribution in [2.75, 3.05) is 7.11 Å². The van der Waals surface area contributed by atoms with Crippen molar-refractivity contribution in [1.29, 1.82) is 0 Å². The van der Waals surface area contributed by atoms with Crippen LogP contribution in [0.3, 0.4) is 0 Å². The predicted octanol–water partition coefficient (Wildman–Crippen LogP) is 4.16. The summed E-state index contributed by atoms with van der Waals surface area (Å²) in [5, 5.41) is 0.876. The van der Waals surface area contributed by atoms with Gasteiger partial charge in [-0.3, -0.25) is 9.59 Å². The minimum Gasteiger partial charge on any atom is -0.493 e. The van der Waals surface area contributed by atoms with E-state index in [9.17, 15) is 9.59 Å². The maximum atomic E-state index is 12.4. The number of fused-ring (bicyclic) bond motifs is 3. The van der Waals surface area contributed by atoms with Crippen molar-refractivity contribution in [3.05, 3.63) is 22.9 Å². The Morgan fingerprint density at radius 3 is 2.78 bits per heavy atom. The molecule has 0 bridgehead atoms. The van der Waals surface area contributed by atoms with Crippen molar-refractivity contribution < 1.29 is 18.7 Å². The van der Waals surface area contributed by atoms with Gasteiger partial charge in [0.2, 0.25) is 0 Å². The third-order valence-electron chi connectivity index (χ3n) is 3.92. The Bertz CT molecular complexity index is 922. The number of carbonyl (C=O) groups is 2. The van der Waals surface area contributed by atoms with Gasteiger partial charge in [-0.05, 0) is 13.0 Å². The van der Waals surface area contributed by atoms with E-state index in [1.54, 1.807) is 21.0 Å². The molecule has 23 heavy (non-hydrogen) atoms. The molecule has 0 saturated carbocycles. The number of rotatable bonds is 5. The van der Waals surface area contributed by atoms with Crippen LogP contribution in [0.1, 0.15) is 35.8 Å². The molecule has 0 N–H and O–H groups in total. The highest BCUT2D eigenvalue weighted by atomic mass is 32.1. The lowest BCUT2D eigenvalue weighted by atomic mass is 10.00. The Morgan fingerprint density at radius 2 is 2.13 bits per heavy atom. The molecule has 6 heteroatoms. The first-order chi connectivity index (χ1) is 10.9. The smallest absolute Gasteiger partial charge is 0.197 e. The molecular formula is C17H17NO4S. The molecule has 0 unspecified atom stereocenters. The quantitative estimate of drug-likeness (QED) is 0.657. The number of ketones is 2. The van der Waals surface area contributed by atoms with Crippen LogP contribution in [0.25, 0.3) is 21.2 Å². The molecule has 2 aromatic heterocycles. The molecule has 0 aliphatic rings.